The second kappa shape index (κ2) is 2.64. The second-order valence-electron chi connectivity index (χ2n) is 2.35. The highest BCUT2D eigenvalue weighted by Crippen LogP contribution is 2.63. The fourth-order valence-electron chi connectivity index (χ4n) is 0.749. The maximum absolute atomic E-state index is 12.9. The van der Waals surface area contributed by atoms with Crippen molar-refractivity contribution < 1.29 is 22.0 Å². The first-order valence-corrected chi connectivity index (χ1v) is 3.90. The van der Waals surface area contributed by atoms with Gasteiger partial charge in [-0.2, -0.15) is 0 Å². The predicted molar refractivity (Wildman–Crippen MR) is 38.3 cm³/mol. The van der Waals surface area contributed by atoms with Crippen molar-refractivity contribution in [2.45, 2.75) is 15.4 Å². The standard InChI is InChI=1S/C5Cl3F5/c6-3(11)1(9)2(10)4(7,12)5(3,8)13/t3-,4+,5?. The molecule has 0 radical (unpaired) electrons. The highest BCUT2D eigenvalue weighted by molar-refractivity contribution is 6.41. The van der Waals surface area contributed by atoms with Crippen molar-refractivity contribution in [2.24, 2.45) is 0 Å². The van der Waals surface area contributed by atoms with Gasteiger partial charge in [0, 0.05) is 0 Å². The van der Waals surface area contributed by atoms with Gasteiger partial charge in [0.05, 0.1) is 0 Å². The number of alkyl halides is 6. The van der Waals surface area contributed by atoms with E-state index in [0.29, 0.717) is 0 Å². The molecule has 13 heavy (non-hydrogen) atoms. The number of halogens is 8. The van der Waals surface area contributed by atoms with E-state index in [1.807, 2.05) is 0 Å². The molecule has 3 atom stereocenters. The molecule has 8 heteroatoms. The summed E-state index contributed by atoms with van der Waals surface area (Å²) in [6.07, 6.45) is 0. The minimum absolute atomic E-state index is 2.50. The minimum Gasteiger partial charge on any atom is -0.215 e. The quantitative estimate of drug-likeness (QED) is 0.459. The molecule has 76 valence electrons. The van der Waals surface area contributed by atoms with Crippen LogP contribution in [0.15, 0.2) is 11.7 Å². The average molecular weight is 261 g/mol. The Labute approximate surface area is 84.2 Å². The van der Waals surface area contributed by atoms with Crippen LogP contribution in [0.3, 0.4) is 0 Å². The maximum atomic E-state index is 12.9. The van der Waals surface area contributed by atoms with Crippen LogP contribution < -0.4 is 0 Å². The van der Waals surface area contributed by atoms with Gasteiger partial charge in [0.2, 0.25) is 0 Å². The molecule has 1 aliphatic rings. The summed E-state index contributed by atoms with van der Waals surface area (Å²) >= 11 is 13.6. The van der Waals surface area contributed by atoms with Crippen molar-refractivity contribution >= 4 is 34.8 Å². The highest BCUT2D eigenvalue weighted by atomic mass is 35.5. The van der Waals surface area contributed by atoms with E-state index in [1.54, 1.807) is 0 Å². The average Bonchev–Trinajstić information content (AvgIpc) is 2.05. The largest absolute Gasteiger partial charge is 0.292 e. The summed E-state index contributed by atoms with van der Waals surface area (Å²) < 4.78 is 63.3. The van der Waals surface area contributed by atoms with E-state index in [-0.39, 0.29) is 0 Å². The van der Waals surface area contributed by atoms with Crippen LogP contribution in [0.2, 0.25) is 0 Å². The molecule has 0 nitrogen and oxygen atoms in total. The van der Waals surface area contributed by atoms with Crippen LogP contribution in [0, 0.1) is 0 Å². The first-order chi connectivity index (χ1) is 5.57. The summed E-state index contributed by atoms with van der Waals surface area (Å²) in [6, 6.07) is 0. The first-order valence-electron chi connectivity index (χ1n) is 2.76. The topological polar surface area (TPSA) is 0 Å². The van der Waals surface area contributed by atoms with Crippen molar-refractivity contribution in [3.63, 3.8) is 0 Å². The lowest BCUT2D eigenvalue weighted by Crippen LogP contribution is -2.46. The van der Waals surface area contributed by atoms with E-state index < -0.39 is 27.0 Å². The molecule has 0 bridgehead atoms. The second-order valence-corrected chi connectivity index (χ2v) is 3.91. The third-order valence-corrected chi connectivity index (χ3v) is 3.10. The lowest BCUT2D eigenvalue weighted by atomic mass is 10.2. The summed E-state index contributed by atoms with van der Waals surface area (Å²) in [5, 5.41) is -12.5. The monoisotopic (exact) mass is 260 g/mol. The molecule has 0 amide bonds. The van der Waals surface area contributed by atoms with E-state index in [4.69, 9.17) is 0 Å². The Morgan fingerprint density at radius 1 is 0.769 bits per heavy atom. The van der Waals surface area contributed by atoms with Crippen molar-refractivity contribution in [1.29, 1.82) is 0 Å². The predicted octanol–water partition coefficient (Wildman–Crippen LogP) is 3.86. The number of rotatable bonds is 0. The molecule has 0 aromatic heterocycles. The van der Waals surface area contributed by atoms with Gasteiger partial charge in [-0.05, 0) is 0 Å². The smallest absolute Gasteiger partial charge is 0.215 e. The van der Waals surface area contributed by atoms with E-state index in [2.05, 4.69) is 34.8 Å². The molecule has 1 aliphatic carbocycles. The van der Waals surface area contributed by atoms with Gasteiger partial charge >= 0.3 is 0 Å². The van der Waals surface area contributed by atoms with Crippen LogP contribution in [0.5, 0.6) is 0 Å². The molecule has 0 aromatic rings. The molecule has 1 rings (SSSR count). The number of hydrogen-bond acceptors (Lipinski definition) is 0. The zero-order valence-corrected chi connectivity index (χ0v) is 7.79. The number of allylic oxidation sites excluding steroid dienone is 2. The van der Waals surface area contributed by atoms with Gasteiger partial charge in [0.25, 0.3) is 15.4 Å². The molecule has 0 heterocycles. The summed E-state index contributed by atoms with van der Waals surface area (Å²) in [7, 11) is 0. The molecule has 0 spiro atoms. The Morgan fingerprint density at radius 3 is 1.08 bits per heavy atom. The zero-order chi connectivity index (χ0) is 10.7. The molecule has 0 fully saturated rings. The fourth-order valence-corrected chi connectivity index (χ4v) is 1.39. The number of hydrogen-bond donors (Lipinski definition) is 0. The molecule has 0 N–H and O–H groups in total. The summed E-state index contributed by atoms with van der Waals surface area (Å²) in [5.41, 5.74) is 0. The minimum atomic E-state index is -4.22. The third-order valence-electron chi connectivity index (χ3n) is 1.53. The van der Waals surface area contributed by atoms with Crippen molar-refractivity contribution in [2.75, 3.05) is 0 Å². The van der Waals surface area contributed by atoms with E-state index >= 15 is 0 Å². The summed E-state index contributed by atoms with van der Waals surface area (Å²) in [5.74, 6) is -4.99. The SMILES string of the molecule is FC1=C(F)[C@@](F)(Cl)C(F)(Cl)[C@@]1(F)Cl. The van der Waals surface area contributed by atoms with Crippen LogP contribution in [0.4, 0.5) is 22.0 Å². The molecule has 0 saturated heterocycles. The lowest BCUT2D eigenvalue weighted by Gasteiger charge is -2.26. The van der Waals surface area contributed by atoms with Crippen LogP contribution in [-0.2, 0) is 0 Å². The summed E-state index contributed by atoms with van der Waals surface area (Å²) in [6.45, 7) is 0. The fraction of sp³-hybridized carbons (Fsp3) is 0.600. The Hall–Kier alpha value is 0.260. The lowest BCUT2D eigenvalue weighted by molar-refractivity contribution is 0.0439. The molecular weight excluding hydrogens is 261 g/mol. The van der Waals surface area contributed by atoms with Crippen LogP contribution in [0.1, 0.15) is 0 Å². The van der Waals surface area contributed by atoms with Crippen LogP contribution in [-0.4, -0.2) is 15.4 Å². The Bertz CT molecular complexity index is 256. The Morgan fingerprint density at radius 2 is 1.00 bits per heavy atom. The first kappa shape index (κ1) is 11.3. The Balaban J connectivity index is 3.39. The normalized spacial score (nSPS) is 51.7. The highest BCUT2D eigenvalue weighted by Gasteiger charge is 2.77. The van der Waals surface area contributed by atoms with Gasteiger partial charge in [-0.15, -0.1) is 0 Å². The molecule has 1 unspecified atom stereocenters. The molecular formula is C5Cl3F5. The van der Waals surface area contributed by atoms with Crippen LogP contribution >= 0.6 is 34.8 Å². The molecule has 0 aromatic carbocycles. The van der Waals surface area contributed by atoms with Gasteiger partial charge in [-0.1, -0.05) is 34.8 Å². The van der Waals surface area contributed by atoms with Gasteiger partial charge in [0.15, 0.2) is 11.7 Å². The van der Waals surface area contributed by atoms with Crippen LogP contribution in [0.25, 0.3) is 0 Å². The van der Waals surface area contributed by atoms with Crippen molar-refractivity contribution in [3.05, 3.63) is 11.7 Å². The van der Waals surface area contributed by atoms with Gasteiger partial charge in [-0.3, -0.25) is 0 Å². The van der Waals surface area contributed by atoms with E-state index in [9.17, 15) is 22.0 Å². The molecule has 0 saturated carbocycles. The van der Waals surface area contributed by atoms with Gasteiger partial charge in [-0.25, -0.2) is 22.0 Å². The van der Waals surface area contributed by atoms with Gasteiger partial charge in [0.1, 0.15) is 0 Å². The third kappa shape index (κ3) is 1.10. The molecule has 0 aliphatic heterocycles. The van der Waals surface area contributed by atoms with E-state index in [1.165, 1.54) is 0 Å². The Kier molecular flexibility index (Phi) is 2.30. The maximum Gasteiger partial charge on any atom is 0.292 e. The van der Waals surface area contributed by atoms with E-state index in [0.717, 1.165) is 0 Å². The van der Waals surface area contributed by atoms with Gasteiger partial charge < -0.3 is 0 Å². The van der Waals surface area contributed by atoms with Crippen molar-refractivity contribution in [3.8, 4) is 0 Å². The zero-order valence-electron chi connectivity index (χ0n) is 5.52. The van der Waals surface area contributed by atoms with Crippen molar-refractivity contribution in [1.82, 2.24) is 0 Å². The summed E-state index contributed by atoms with van der Waals surface area (Å²) in [4.78, 5) is 0.